The summed E-state index contributed by atoms with van der Waals surface area (Å²) in [7, 11) is 0. The van der Waals surface area contributed by atoms with Crippen LogP contribution in [0.5, 0.6) is 0 Å². The Morgan fingerprint density at radius 2 is 2.15 bits per heavy atom. The second kappa shape index (κ2) is 6.05. The third-order valence-electron chi connectivity index (χ3n) is 3.24. The van der Waals surface area contributed by atoms with Gasteiger partial charge in [0.1, 0.15) is 5.00 Å². The average molecular weight is 314 g/mol. The van der Waals surface area contributed by atoms with E-state index in [2.05, 4.69) is 19.2 Å². The van der Waals surface area contributed by atoms with Gasteiger partial charge in [-0.2, -0.15) is 11.8 Å². The van der Waals surface area contributed by atoms with Gasteiger partial charge in [0.05, 0.1) is 5.56 Å². The quantitative estimate of drug-likeness (QED) is 0.879. The van der Waals surface area contributed by atoms with Crippen LogP contribution < -0.4 is 5.32 Å². The molecule has 1 aromatic heterocycles. The largest absolute Gasteiger partial charge is 0.478 e. The Bertz CT molecular complexity index is 513. The Labute approximate surface area is 126 Å². The fourth-order valence-electron chi connectivity index (χ4n) is 1.97. The molecular formula is C13H18N2O3S2. The van der Waals surface area contributed by atoms with Crippen molar-refractivity contribution in [1.29, 1.82) is 0 Å². The summed E-state index contributed by atoms with van der Waals surface area (Å²) >= 11 is 3.10. The SMILES string of the molecule is CC1(C)CCN(C(=O)Nc2sccc2C(=O)O)CCS1. The van der Waals surface area contributed by atoms with Crippen LogP contribution in [0.1, 0.15) is 30.6 Å². The number of carboxylic acids is 1. The van der Waals surface area contributed by atoms with Gasteiger partial charge < -0.3 is 10.0 Å². The van der Waals surface area contributed by atoms with Crippen molar-refractivity contribution in [1.82, 2.24) is 4.90 Å². The predicted octanol–water partition coefficient (Wildman–Crippen LogP) is 3.20. The van der Waals surface area contributed by atoms with Crippen molar-refractivity contribution < 1.29 is 14.7 Å². The van der Waals surface area contributed by atoms with Crippen molar-refractivity contribution in [2.75, 3.05) is 24.2 Å². The van der Waals surface area contributed by atoms with E-state index in [0.717, 1.165) is 12.2 Å². The number of aromatic carboxylic acids is 1. The zero-order chi connectivity index (χ0) is 14.8. The van der Waals surface area contributed by atoms with E-state index in [1.54, 1.807) is 10.3 Å². The highest BCUT2D eigenvalue weighted by molar-refractivity contribution is 8.00. The summed E-state index contributed by atoms with van der Waals surface area (Å²) in [5.41, 5.74) is 0.146. The van der Waals surface area contributed by atoms with E-state index in [1.165, 1.54) is 17.4 Å². The maximum absolute atomic E-state index is 12.2. The molecule has 1 aliphatic heterocycles. The van der Waals surface area contributed by atoms with Gasteiger partial charge in [-0.15, -0.1) is 11.3 Å². The first-order valence-corrected chi connectivity index (χ1v) is 8.26. The first-order valence-electron chi connectivity index (χ1n) is 6.40. The summed E-state index contributed by atoms with van der Waals surface area (Å²) in [6.07, 6.45) is 0.932. The molecule has 1 aromatic rings. The molecule has 0 bridgehead atoms. The molecule has 2 amide bonds. The van der Waals surface area contributed by atoms with Gasteiger partial charge in [-0.05, 0) is 17.9 Å². The van der Waals surface area contributed by atoms with Crippen molar-refractivity contribution in [2.24, 2.45) is 0 Å². The maximum Gasteiger partial charge on any atom is 0.338 e. The maximum atomic E-state index is 12.2. The zero-order valence-electron chi connectivity index (χ0n) is 11.5. The molecule has 0 unspecified atom stereocenters. The number of hydrogen-bond donors (Lipinski definition) is 2. The van der Waals surface area contributed by atoms with E-state index in [-0.39, 0.29) is 16.3 Å². The average Bonchev–Trinajstić information content (AvgIpc) is 2.73. The topological polar surface area (TPSA) is 69.6 Å². The van der Waals surface area contributed by atoms with Gasteiger partial charge in [0, 0.05) is 23.6 Å². The molecule has 0 saturated carbocycles. The number of carbonyl (C=O) groups is 2. The van der Waals surface area contributed by atoms with Crippen molar-refractivity contribution >= 4 is 40.1 Å². The summed E-state index contributed by atoms with van der Waals surface area (Å²) in [5.74, 6) is -0.120. The monoisotopic (exact) mass is 314 g/mol. The number of thiophene rings is 1. The fourth-order valence-corrected chi connectivity index (χ4v) is 3.84. The molecule has 0 radical (unpaired) electrons. The lowest BCUT2D eigenvalue weighted by Crippen LogP contribution is -2.37. The van der Waals surface area contributed by atoms with E-state index < -0.39 is 5.97 Å². The summed E-state index contributed by atoms with van der Waals surface area (Å²) in [5, 5.41) is 13.8. The highest BCUT2D eigenvalue weighted by Crippen LogP contribution is 2.31. The van der Waals surface area contributed by atoms with E-state index in [4.69, 9.17) is 5.11 Å². The van der Waals surface area contributed by atoms with Crippen LogP contribution in [-0.2, 0) is 0 Å². The molecule has 1 aliphatic rings. The molecule has 2 heterocycles. The third kappa shape index (κ3) is 3.67. The van der Waals surface area contributed by atoms with Crippen LogP contribution in [0, 0.1) is 0 Å². The minimum atomic E-state index is -1.02. The van der Waals surface area contributed by atoms with E-state index in [1.807, 2.05) is 11.8 Å². The molecule has 7 heteroatoms. The Kier molecular flexibility index (Phi) is 4.59. The normalized spacial score (nSPS) is 18.4. The molecule has 110 valence electrons. The number of rotatable bonds is 2. The van der Waals surface area contributed by atoms with Gasteiger partial charge in [0.2, 0.25) is 0 Å². The summed E-state index contributed by atoms with van der Waals surface area (Å²) < 4.78 is 0.185. The van der Waals surface area contributed by atoms with Crippen LogP contribution in [0.2, 0.25) is 0 Å². The third-order valence-corrected chi connectivity index (χ3v) is 5.44. The number of anilines is 1. The second-order valence-corrected chi connectivity index (χ2v) is 7.96. The Hall–Kier alpha value is -1.21. The molecule has 2 N–H and O–H groups in total. The van der Waals surface area contributed by atoms with Crippen molar-refractivity contribution in [2.45, 2.75) is 25.0 Å². The number of carboxylic acid groups (broad SMARTS) is 1. The summed E-state index contributed by atoms with van der Waals surface area (Å²) in [4.78, 5) is 25.0. The van der Waals surface area contributed by atoms with E-state index >= 15 is 0 Å². The molecule has 0 atom stereocenters. The van der Waals surface area contributed by atoms with Crippen LogP contribution in [0.25, 0.3) is 0 Å². The van der Waals surface area contributed by atoms with Crippen LogP contribution in [0.4, 0.5) is 9.80 Å². The van der Waals surface area contributed by atoms with E-state index in [0.29, 0.717) is 18.1 Å². The molecule has 1 fully saturated rings. The lowest BCUT2D eigenvalue weighted by molar-refractivity contribution is 0.0698. The number of carbonyl (C=O) groups excluding carboxylic acids is 1. The predicted molar refractivity (Wildman–Crippen MR) is 83.0 cm³/mol. The highest BCUT2D eigenvalue weighted by Gasteiger charge is 2.26. The first-order chi connectivity index (χ1) is 9.39. The summed E-state index contributed by atoms with van der Waals surface area (Å²) in [6, 6.07) is 1.29. The number of hydrogen-bond acceptors (Lipinski definition) is 4. The van der Waals surface area contributed by atoms with Gasteiger partial charge in [0.25, 0.3) is 0 Å². The Morgan fingerprint density at radius 3 is 2.85 bits per heavy atom. The lowest BCUT2D eigenvalue weighted by atomic mass is 10.1. The lowest BCUT2D eigenvalue weighted by Gasteiger charge is -2.22. The van der Waals surface area contributed by atoms with Crippen LogP contribution in [-0.4, -0.2) is 45.6 Å². The zero-order valence-corrected chi connectivity index (χ0v) is 13.1. The molecular weight excluding hydrogens is 296 g/mol. The minimum Gasteiger partial charge on any atom is -0.478 e. The molecule has 20 heavy (non-hydrogen) atoms. The van der Waals surface area contributed by atoms with Gasteiger partial charge >= 0.3 is 12.0 Å². The van der Waals surface area contributed by atoms with Gasteiger partial charge in [-0.1, -0.05) is 13.8 Å². The van der Waals surface area contributed by atoms with Crippen LogP contribution >= 0.6 is 23.1 Å². The number of urea groups is 1. The first kappa shape index (κ1) is 15.2. The standard InChI is InChI=1S/C13H18N2O3S2/c1-13(2)4-5-15(6-8-20-13)12(18)14-10-9(11(16)17)3-7-19-10/h3,7H,4-6,8H2,1-2H3,(H,14,18)(H,16,17). The van der Waals surface area contributed by atoms with Crippen molar-refractivity contribution in [3.63, 3.8) is 0 Å². The number of amides is 2. The van der Waals surface area contributed by atoms with E-state index in [9.17, 15) is 9.59 Å². The molecule has 0 spiro atoms. The fraction of sp³-hybridized carbons (Fsp3) is 0.538. The Balaban J connectivity index is 2.01. The van der Waals surface area contributed by atoms with Gasteiger partial charge in [-0.25, -0.2) is 9.59 Å². The van der Waals surface area contributed by atoms with Gasteiger partial charge in [-0.3, -0.25) is 5.32 Å². The Morgan fingerprint density at radius 1 is 1.40 bits per heavy atom. The van der Waals surface area contributed by atoms with Crippen molar-refractivity contribution in [3.8, 4) is 0 Å². The molecule has 1 saturated heterocycles. The highest BCUT2D eigenvalue weighted by atomic mass is 32.2. The molecule has 0 aromatic carbocycles. The molecule has 5 nitrogen and oxygen atoms in total. The van der Waals surface area contributed by atoms with Crippen molar-refractivity contribution in [3.05, 3.63) is 17.0 Å². The van der Waals surface area contributed by atoms with Crippen LogP contribution in [0.15, 0.2) is 11.4 Å². The molecule has 0 aliphatic carbocycles. The number of thioether (sulfide) groups is 1. The second-order valence-electron chi connectivity index (χ2n) is 5.24. The molecule has 2 rings (SSSR count). The smallest absolute Gasteiger partial charge is 0.338 e. The number of nitrogens with zero attached hydrogens (tertiary/aromatic N) is 1. The number of nitrogens with one attached hydrogen (secondary N) is 1. The van der Waals surface area contributed by atoms with Gasteiger partial charge in [0.15, 0.2) is 0 Å². The minimum absolute atomic E-state index is 0.146. The summed E-state index contributed by atoms with van der Waals surface area (Å²) in [6.45, 7) is 5.75. The van der Waals surface area contributed by atoms with Crippen LogP contribution in [0.3, 0.4) is 0 Å².